The molecule has 18 heavy (non-hydrogen) atoms. The molecule has 1 rings (SSSR count). The first-order valence-corrected chi connectivity index (χ1v) is 7.32. The number of hydrogen-bond donors (Lipinski definition) is 0. The fraction of sp³-hybridized carbons (Fsp3) is 0.588. The molecule has 0 aliphatic rings. The maximum absolute atomic E-state index is 12.0. The predicted octanol–water partition coefficient (Wildman–Crippen LogP) is 5.26. The highest BCUT2D eigenvalue weighted by molar-refractivity contribution is 5.96. The molecule has 1 atom stereocenters. The quantitative estimate of drug-likeness (QED) is 0.429. The van der Waals surface area contributed by atoms with E-state index in [4.69, 9.17) is 0 Å². The molecule has 0 amide bonds. The Bertz CT molecular complexity index is 329. The van der Waals surface area contributed by atoms with Crippen LogP contribution in [0.25, 0.3) is 0 Å². The van der Waals surface area contributed by atoms with Crippen molar-refractivity contribution in [1.29, 1.82) is 0 Å². The van der Waals surface area contributed by atoms with Gasteiger partial charge in [0.2, 0.25) is 0 Å². The van der Waals surface area contributed by atoms with Gasteiger partial charge in [0.25, 0.3) is 0 Å². The molecule has 1 unspecified atom stereocenters. The first-order chi connectivity index (χ1) is 8.74. The summed E-state index contributed by atoms with van der Waals surface area (Å²) in [4.78, 5) is 12.0. The normalized spacial score (nSPS) is 12.3. The van der Waals surface area contributed by atoms with Crippen LogP contribution in [0.4, 0.5) is 0 Å². The number of carbonyl (C=O) groups excluding carboxylic acids is 1. The van der Waals surface area contributed by atoms with E-state index in [1.54, 1.807) is 0 Å². The summed E-state index contributed by atoms with van der Waals surface area (Å²) in [5.41, 5.74) is 0.857. The van der Waals surface area contributed by atoms with Crippen LogP contribution in [0.3, 0.4) is 0 Å². The van der Waals surface area contributed by atoms with Crippen LogP contribution in [0.2, 0.25) is 0 Å². The van der Waals surface area contributed by atoms with Crippen LogP contribution in [-0.4, -0.2) is 5.78 Å². The maximum Gasteiger partial charge on any atom is 0.163 e. The summed E-state index contributed by atoms with van der Waals surface area (Å²) >= 11 is 0. The molecule has 0 N–H and O–H groups in total. The molecule has 0 fully saturated rings. The minimum Gasteiger partial charge on any atom is -0.294 e. The average Bonchev–Trinajstić information content (AvgIpc) is 2.39. The number of Topliss-reactive ketones (excluding diaryl/α,β-unsaturated/α-hetero) is 1. The first kappa shape index (κ1) is 14.9. The highest BCUT2D eigenvalue weighted by Crippen LogP contribution is 2.17. The van der Waals surface area contributed by atoms with Crippen molar-refractivity contribution >= 4 is 5.78 Å². The zero-order valence-electron chi connectivity index (χ0n) is 11.8. The van der Waals surface area contributed by atoms with Gasteiger partial charge >= 0.3 is 0 Å². The van der Waals surface area contributed by atoms with Gasteiger partial charge in [-0.05, 0) is 5.92 Å². The molecule has 1 nitrogen and oxygen atoms in total. The van der Waals surface area contributed by atoms with Gasteiger partial charge in [-0.1, -0.05) is 82.7 Å². The van der Waals surface area contributed by atoms with E-state index >= 15 is 0 Å². The van der Waals surface area contributed by atoms with E-state index < -0.39 is 0 Å². The molecular weight excluding hydrogens is 220 g/mol. The lowest BCUT2D eigenvalue weighted by Gasteiger charge is -2.10. The number of carbonyl (C=O) groups is 1. The molecule has 1 heteroatoms. The van der Waals surface area contributed by atoms with E-state index in [9.17, 15) is 4.79 Å². The van der Waals surface area contributed by atoms with Gasteiger partial charge in [0.05, 0.1) is 0 Å². The van der Waals surface area contributed by atoms with Crippen LogP contribution in [0, 0.1) is 5.92 Å². The summed E-state index contributed by atoms with van der Waals surface area (Å²) in [7, 11) is 0. The lowest BCUT2D eigenvalue weighted by molar-refractivity contribution is 0.0962. The lowest BCUT2D eigenvalue weighted by Crippen LogP contribution is -2.06. The molecular formula is C17H26O. The SMILES string of the molecule is CCCCCCCC(C)CC(=O)c1ccccc1. The van der Waals surface area contributed by atoms with Crippen molar-refractivity contribution in [2.75, 3.05) is 0 Å². The largest absolute Gasteiger partial charge is 0.294 e. The number of benzene rings is 1. The zero-order chi connectivity index (χ0) is 13.2. The molecule has 0 radical (unpaired) electrons. The van der Waals surface area contributed by atoms with Gasteiger partial charge in [-0.25, -0.2) is 0 Å². The fourth-order valence-electron chi connectivity index (χ4n) is 2.26. The Hall–Kier alpha value is -1.11. The van der Waals surface area contributed by atoms with Gasteiger partial charge in [0, 0.05) is 12.0 Å². The Morgan fingerprint density at radius 3 is 2.39 bits per heavy atom. The molecule has 0 saturated heterocycles. The van der Waals surface area contributed by atoms with E-state index in [1.807, 2.05) is 30.3 Å². The third-order valence-electron chi connectivity index (χ3n) is 3.43. The molecule has 100 valence electrons. The Morgan fingerprint density at radius 2 is 1.72 bits per heavy atom. The lowest BCUT2D eigenvalue weighted by atomic mass is 9.94. The van der Waals surface area contributed by atoms with E-state index in [2.05, 4.69) is 13.8 Å². The van der Waals surface area contributed by atoms with Crippen LogP contribution in [-0.2, 0) is 0 Å². The predicted molar refractivity (Wildman–Crippen MR) is 77.9 cm³/mol. The van der Waals surface area contributed by atoms with Crippen LogP contribution in [0.5, 0.6) is 0 Å². The Balaban J connectivity index is 2.20. The highest BCUT2D eigenvalue weighted by atomic mass is 16.1. The molecule has 0 saturated carbocycles. The average molecular weight is 246 g/mol. The molecule has 0 aliphatic carbocycles. The monoisotopic (exact) mass is 246 g/mol. The number of unbranched alkanes of at least 4 members (excludes halogenated alkanes) is 4. The van der Waals surface area contributed by atoms with Crippen molar-refractivity contribution in [1.82, 2.24) is 0 Å². The molecule has 0 heterocycles. The zero-order valence-corrected chi connectivity index (χ0v) is 11.8. The number of ketones is 1. The van der Waals surface area contributed by atoms with E-state index in [-0.39, 0.29) is 5.78 Å². The van der Waals surface area contributed by atoms with Crippen LogP contribution in [0.1, 0.15) is 69.2 Å². The Labute approximate surface area is 112 Å². The summed E-state index contributed by atoms with van der Waals surface area (Å²) in [6, 6.07) is 9.64. The molecule has 0 spiro atoms. The second-order valence-electron chi connectivity index (χ2n) is 5.30. The maximum atomic E-state index is 12.0. The highest BCUT2D eigenvalue weighted by Gasteiger charge is 2.10. The van der Waals surface area contributed by atoms with Crippen molar-refractivity contribution < 1.29 is 4.79 Å². The second kappa shape index (κ2) is 8.91. The van der Waals surface area contributed by atoms with Gasteiger partial charge in [-0.2, -0.15) is 0 Å². The van der Waals surface area contributed by atoms with Crippen LogP contribution < -0.4 is 0 Å². The minimum absolute atomic E-state index is 0.289. The van der Waals surface area contributed by atoms with Crippen molar-refractivity contribution in [3.63, 3.8) is 0 Å². The van der Waals surface area contributed by atoms with E-state index in [0.29, 0.717) is 12.3 Å². The second-order valence-corrected chi connectivity index (χ2v) is 5.30. The summed E-state index contributed by atoms with van der Waals surface area (Å²) < 4.78 is 0. The first-order valence-electron chi connectivity index (χ1n) is 7.32. The third kappa shape index (κ3) is 6.00. The number of rotatable bonds is 9. The molecule has 1 aromatic rings. The van der Waals surface area contributed by atoms with Crippen molar-refractivity contribution in [2.24, 2.45) is 5.92 Å². The van der Waals surface area contributed by atoms with E-state index in [1.165, 1.54) is 38.5 Å². The van der Waals surface area contributed by atoms with Gasteiger partial charge in [0.15, 0.2) is 5.78 Å². The standard InChI is InChI=1S/C17H26O/c1-3-4-5-6-8-11-15(2)14-17(18)16-12-9-7-10-13-16/h7,9-10,12-13,15H,3-6,8,11,14H2,1-2H3. The number of hydrogen-bond acceptors (Lipinski definition) is 1. The fourth-order valence-corrected chi connectivity index (χ4v) is 2.26. The summed E-state index contributed by atoms with van der Waals surface area (Å²) in [6.45, 7) is 4.43. The third-order valence-corrected chi connectivity index (χ3v) is 3.43. The van der Waals surface area contributed by atoms with Crippen LogP contribution >= 0.6 is 0 Å². The van der Waals surface area contributed by atoms with Crippen molar-refractivity contribution in [2.45, 2.75) is 58.8 Å². The molecule has 1 aromatic carbocycles. The smallest absolute Gasteiger partial charge is 0.163 e. The Kier molecular flexibility index (Phi) is 7.40. The van der Waals surface area contributed by atoms with Crippen LogP contribution in [0.15, 0.2) is 30.3 Å². The van der Waals surface area contributed by atoms with Gasteiger partial charge < -0.3 is 0 Å². The van der Waals surface area contributed by atoms with Crippen molar-refractivity contribution in [3.05, 3.63) is 35.9 Å². The molecule has 0 aliphatic heterocycles. The van der Waals surface area contributed by atoms with Gasteiger partial charge in [-0.3, -0.25) is 4.79 Å². The summed E-state index contributed by atoms with van der Waals surface area (Å²) in [5, 5.41) is 0. The van der Waals surface area contributed by atoms with Crippen molar-refractivity contribution in [3.8, 4) is 0 Å². The van der Waals surface area contributed by atoms with Gasteiger partial charge in [-0.15, -0.1) is 0 Å². The summed E-state index contributed by atoms with van der Waals surface area (Å²) in [5.74, 6) is 0.802. The van der Waals surface area contributed by atoms with E-state index in [0.717, 1.165) is 5.56 Å². The van der Waals surface area contributed by atoms with Gasteiger partial charge in [0.1, 0.15) is 0 Å². The molecule has 0 aromatic heterocycles. The topological polar surface area (TPSA) is 17.1 Å². The minimum atomic E-state index is 0.289. The molecule has 0 bridgehead atoms. The Morgan fingerprint density at radius 1 is 1.06 bits per heavy atom. The summed E-state index contributed by atoms with van der Waals surface area (Å²) in [6.07, 6.45) is 8.44.